The van der Waals surface area contributed by atoms with Gasteiger partial charge in [0.1, 0.15) is 0 Å². The Morgan fingerprint density at radius 2 is 2.29 bits per heavy atom. The predicted octanol–water partition coefficient (Wildman–Crippen LogP) is 1.39. The van der Waals surface area contributed by atoms with E-state index in [0.29, 0.717) is 6.04 Å². The highest BCUT2D eigenvalue weighted by molar-refractivity contribution is 5.73. The number of rotatable bonds is 4. The van der Waals surface area contributed by atoms with Gasteiger partial charge in [-0.2, -0.15) is 0 Å². The number of hydrogen-bond acceptors (Lipinski definition) is 2. The summed E-state index contributed by atoms with van der Waals surface area (Å²) in [5.74, 6) is 0.230. The molecule has 1 unspecified atom stereocenters. The summed E-state index contributed by atoms with van der Waals surface area (Å²) in [4.78, 5) is 13.4. The van der Waals surface area contributed by atoms with E-state index in [1.54, 1.807) is 6.92 Å². The normalized spacial score (nSPS) is 22.4. The highest BCUT2D eigenvalue weighted by Crippen LogP contribution is 2.12. The van der Waals surface area contributed by atoms with Gasteiger partial charge in [0.15, 0.2) is 0 Å². The molecule has 0 radical (unpaired) electrons. The second-order valence-electron chi connectivity index (χ2n) is 4.07. The molecule has 1 atom stereocenters. The SMILES string of the molecule is CCCCCC1CNCCN1C(C)=O. The minimum atomic E-state index is 0.230. The molecule has 0 aromatic rings. The van der Waals surface area contributed by atoms with Gasteiger partial charge < -0.3 is 10.2 Å². The highest BCUT2D eigenvalue weighted by Gasteiger charge is 2.23. The lowest BCUT2D eigenvalue weighted by atomic mass is 10.1. The van der Waals surface area contributed by atoms with Crippen LogP contribution in [-0.2, 0) is 4.79 Å². The zero-order valence-corrected chi connectivity index (χ0v) is 9.38. The maximum atomic E-state index is 11.3. The summed E-state index contributed by atoms with van der Waals surface area (Å²) < 4.78 is 0. The molecule has 1 aliphatic heterocycles. The van der Waals surface area contributed by atoms with Crippen molar-refractivity contribution in [3.05, 3.63) is 0 Å². The summed E-state index contributed by atoms with van der Waals surface area (Å²) in [6, 6.07) is 0.438. The van der Waals surface area contributed by atoms with Gasteiger partial charge in [-0.1, -0.05) is 26.2 Å². The summed E-state index contributed by atoms with van der Waals surface area (Å²) >= 11 is 0. The Kier molecular flexibility index (Phi) is 4.94. The number of carbonyl (C=O) groups is 1. The Morgan fingerprint density at radius 3 is 2.93 bits per heavy atom. The van der Waals surface area contributed by atoms with Crippen molar-refractivity contribution in [2.45, 2.75) is 45.6 Å². The molecule has 0 bridgehead atoms. The molecule has 0 spiro atoms. The van der Waals surface area contributed by atoms with Gasteiger partial charge >= 0.3 is 0 Å². The molecule has 3 heteroatoms. The van der Waals surface area contributed by atoms with E-state index in [9.17, 15) is 4.79 Å². The number of unbranched alkanes of at least 4 members (excludes halogenated alkanes) is 2. The zero-order chi connectivity index (χ0) is 10.4. The number of nitrogens with zero attached hydrogens (tertiary/aromatic N) is 1. The van der Waals surface area contributed by atoms with Gasteiger partial charge in [0, 0.05) is 32.6 Å². The van der Waals surface area contributed by atoms with Crippen LogP contribution in [0.3, 0.4) is 0 Å². The standard InChI is InChI=1S/C11H22N2O/c1-3-4-5-6-11-9-12-7-8-13(11)10(2)14/h11-12H,3-9H2,1-2H3. The molecule has 1 saturated heterocycles. The van der Waals surface area contributed by atoms with E-state index in [1.165, 1.54) is 19.3 Å². The number of carbonyl (C=O) groups excluding carboxylic acids is 1. The first kappa shape index (κ1) is 11.5. The van der Waals surface area contributed by atoms with Gasteiger partial charge in [-0.3, -0.25) is 4.79 Å². The number of amides is 1. The van der Waals surface area contributed by atoms with E-state index in [0.717, 1.165) is 26.1 Å². The van der Waals surface area contributed by atoms with E-state index >= 15 is 0 Å². The summed E-state index contributed by atoms with van der Waals surface area (Å²) in [6.07, 6.45) is 4.93. The first-order chi connectivity index (χ1) is 6.75. The van der Waals surface area contributed by atoms with E-state index in [-0.39, 0.29) is 5.91 Å². The fourth-order valence-electron chi connectivity index (χ4n) is 2.06. The van der Waals surface area contributed by atoms with Crippen LogP contribution in [0.1, 0.15) is 39.5 Å². The molecule has 82 valence electrons. The van der Waals surface area contributed by atoms with Crippen LogP contribution >= 0.6 is 0 Å². The molecular formula is C11H22N2O. The first-order valence-electron chi connectivity index (χ1n) is 5.73. The molecule has 1 fully saturated rings. The van der Waals surface area contributed by atoms with Gasteiger partial charge in [0.2, 0.25) is 5.91 Å². The van der Waals surface area contributed by atoms with E-state index in [1.807, 2.05) is 4.90 Å². The first-order valence-corrected chi connectivity index (χ1v) is 5.73. The molecule has 0 aromatic heterocycles. The van der Waals surface area contributed by atoms with E-state index < -0.39 is 0 Å². The van der Waals surface area contributed by atoms with Crippen LogP contribution in [-0.4, -0.2) is 36.5 Å². The zero-order valence-electron chi connectivity index (χ0n) is 9.38. The molecule has 3 nitrogen and oxygen atoms in total. The van der Waals surface area contributed by atoms with Crippen LogP contribution in [0.25, 0.3) is 0 Å². The Morgan fingerprint density at radius 1 is 1.50 bits per heavy atom. The molecular weight excluding hydrogens is 176 g/mol. The molecule has 1 heterocycles. The lowest BCUT2D eigenvalue weighted by Gasteiger charge is -2.35. The van der Waals surface area contributed by atoms with Crippen molar-refractivity contribution in [2.75, 3.05) is 19.6 Å². The third-order valence-electron chi connectivity index (χ3n) is 2.90. The molecule has 1 N–H and O–H groups in total. The van der Waals surface area contributed by atoms with Crippen LogP contribution in [0.15, 0.2) is 0 Å². The van der Waals surface area contributed by atoms with Crippen molar-refractivity contribution in [3.8, 4) is 0 Å². The maximum absolute atomic E-state index is 11.3. The lowest BCUT2D eigenvalue weighted by molar-refractivity contribution is -0.132. The molecule has 0 saturated carbocycles. The maximum Gasteiger partial charge on any atom is 0.219 e. The smallest absolute Gasteiger partial charge is 0.219 e. The third-order valence-corrected chi connectivity index (χ3v) is 2.90. The molecule has 0 aliphatic carbocycles. The summed E-state index contributed by atoms with van der Waals surface area (Å²) in [5, 5.41) is 3.35. The van der Waals surface area contributed by atoms with Crippen LogP contribution in [0.5, 0.6) is 0 Å². The van der Waals surface area contributed by atoms with Gasteiger partial charge in [-0.15, -0.1) is 0 Å². The fourth-order valence-corrected chi connectivity index (χ4v) is 2.06. The van der Waals surface area contributed by atoms with Crippen molar-refractivity contribution in [1.82, 2.24) is 10.2 Å². The second kappa shape index (κ2) is 6.02. The average molecular weight is 198 g/mol. The van der Waals surface area contributed by atoms with Crippen molar-refractivity contribution >= 4 is 5.91 Å². The van der Waals surface area contributed by atoms with Gasteiger partial charge in [0.25, 0.3) is 0 Å². The van der Waals surface area contributed by atoms with Crippen molar-refractivity contribution in [2.24, 2.45) is 0 Å². The van der Waals surface area contributed by atoms with Crippen LogP contribution in [0.2, 0.25) is 0 Å². The molecule has 1 rings (SSSR count). The summed E-state index contributed by atoms with van der Waals surface area (Å²) in [5.41, 5.74) is 0. The molecule has 1 amide bonds. The van der Waals surface area contributed by atoms with E-state index in [4.69, 9.17) is 0 Å². The minimum Gasteiger partial charge on any atom is -0.337 e. The van der Waals surface area contributed by atoms with Crippen molar-refractivity contribution in [3.63, 3.8) is 0 Å². The lowest BCUT2D eigenvalue weighted by Crippen LogP contribution is -2.52. The average Bonchev–Trinajstić information content (AvgIpc) is 2.19. The predicted molar refractivity (Wildman–Crippen MR) is 58.2 cm³/mol. The van der Waals surface area contributed by atoms with E-state index in [2.05, 4.69) is 12.2 Å². The number of hydrogen-bond donors (Lipinski definition) is 1. The Labute approximate surface area is 86.9 Å². The number of piperazine rings is 1. The van der Waals surface area contributed by atoms with Crippen LogP contribution in [0.4, 0.5) is 0 Å². The third kappa shape index (κ3) is 3.29. The van der Waals surface area contributed by atoms with Gasteiger partial charge in [0.05, 0.1) is 0 Å². The van der Waals surface area contributed by atoms with Crippen molar-refractivity contribution < 1.29 is 4.79 Å². The largest absolute Gasteiger partial charge is 0.337 e. The summed E-state index contributed by atoms with van der Waals surface area (Å²) in [6.45, 7) is 6.69. The molecule has 1 aliphatic rings. The second-order valence-corrected chi connectivity index (χ2v) is 4.07. The van der Waals surface area contributed by atoms with Gasteiger partial charge in [-0.05, 0) is 6.42 Å². The van der Waals surface area contributed by atoms with Crippen molar-refractivity contribution in [1.29, 1.82) is 0 Å². The molecule has 14 heavy (non-hydrogen) atoms. The summed E-state index contributed by atoms with van der Waals surface area (Å²) in [7, 11) is 0. The Balaban J connectivity index is 2.34. The minimum absolute atomic E-state index is 0.230. The van der Waals surface area contributed by atoms with Crippen LogP contribution < -0.4 is 5.32 Å². The Bertz CT molecular complexity index is 182. The fraction of sp³-hybridized carbons (Fsp3) is 0.909. The molecule has 0 aromatic carbocycles. The quantitative estimate of drug-likeness (QED) is 0.692. The van der Waals surface area contributed by atoms with Gasteiger partial charge in [-0.25, -0.2) is 0 Å². The monoisotopic (exact) mass is 198 g/mol. The number of nitrogens with one attached hydrogen (secondary N) is 1. The van der Waals surface area contributed by atoms with Crippen LogP contribution in [0, 0.1) is 0 Å². The Hall–Kier alpha value is -0.570. The topological polar surface area (TPSA) is 32.3 Å². The highest BCUT2D eigenvalue weighted by atomic mass is 16.2.